The van der Waals surface area contributed by atoms with Gasteiger partial charge in [0.2, 0.25) is 0 Å². The number of amides is 1. The molecule has 0 saturated heterocycles. The molecule has 27 heavy (non-hydrogen) atoms. The molecule has 2 aromatic rings. The Morgan fingerprint density at radius 3 is 2.30 bits per heavy atom. The van der Waals surface area contributed by atoms with E-state index in [-0.39, 0.29) is 12.5 Å². The molecule has 1 N–H and O–H groups in total. The smallest absolute Gasteiger partial charge is 0.257 e. The molecule has 0 unspecified atom stereocenters. The highest BCUT2D eigenvalue weighted by Gasteiger charge is 2.10. The molecule has 0 aromatic heterocycles. The maximum atomic E-state index is 12.1. The number of carbonyl (C=O) groups is 1. The van der Waals surface area contributed by atoms with Crippen molar-refractivity contribution in [2.75, 3.05) is 33.6 Å². The standard InChI is InChI=1S/C21H27NO4S/c1-14-10-17(27-5)11-15(2)21(14)26-13-20(23)22-9-8-16-6-7-18(24-3)19(12-16)25-4/h6-7,10-12H,8-9,13H2,1-5H3,(H,22,23). The summed E-state index contributed by atoms with van der Waals surface area (Å²) in [6.45, 7) is 4.53. The van der Waals surface area contributed by atoms with Gasteiger partial charge in [-0.25, -0.2) is 0 Å². The number of carbonyl (C=O) groups excluding carboxylic acids is 1. The monoisotopic (exact) mass is 389 g/mol. The molecule has 0 heterocycles. The summed E-state index contributed by atoms with van der Waals surface area (Å²) in [6, 6.07) is 9.89. The zero-order chi connectivity index (χ0) is 19.8. The third kappa shape index (κ3) is 5.82. The second-order valence-corrected chi connectivity index (χ2v) is 7.05. The molecule has 0 saturated carbocycles. The van der Waals surface area contributed by atoms with E-state index in [1.54, 1.807) is 26.0 Å². The van der Waals surface area contributed by atoms with Crippen molar-refractivity contribution in [1.29, 1.82) is 0 Å². The average Bonchev–Trinajstić information content (AvgIpc) is 2.66. The summed E-state index contributed by atoms with van der Waals surface area (Å²) in [7, 11) is 3.21. The van der Waals surface area contributed by atoms with Crippen LogP contribution in [0.2, 0.25) is 0 Å². The van der Waals surface area contributed by atoms with Gasteiger partial charge in [-0.05, 0) is 67.5 Å². The first-order valence-electron chi connectivity index (χ1n) is 8.74. The normalized spacial score (nSPS) is 10.4. The zero-order valence-corrected chi connectivity index (χ0v) is 17.4. The molecular weight excluding hydrogens is 362 g/mol. The van der Waals surface area contributed by atoms with Gasteiger partial charge in [-0.3, -0.25) is 4.79 Å². The van der Waals surface area contributed by atoms with Crippen LogP contribution >= 0.6 is 11.8 Å². The van der Waals surface area contributed by atoms with Gasteiger partial charge in [0.15, 0.2) is 18.1 Å². The van der Waals surface area contributed by atoms with Crippen LogP contribution in [0.15, 0.2) is 35.2 Å². The predicted molar refractivity (Wildman–Crippen MR) is 109 cm³/mol. The number of nitrogens with one attached hydrogen (secondary N) is 1. The van der Waals surface area contributed by atoms with Crippen molar-refractivity contribution in [3.63, 3.8) is 0 Å². The predicted octanol–water partition coefficient (Wildman–Crippen LogP) is 3.78. The van der Waals surface area contributed by atoms with E-state index in [1.165, 1.54) is 4.90 Å². The summed E-state index contributed by atoms with van der Waals surface area (Å²) in [5.41, 5.74) is 3.14. The quantitative estimate of drug-likeness (QED) is 0.662. The number of hydrogen-bond acceptors (Lipinski definition) is 5. The molecule has 0 spiro atoms. The van der Waals surface area contributed by atoms with E-state index >= 15 is 0 Å². The molecule has 1 amide bonds. The van der Waals surface area contributed by atoms with E-state index in [0.29, 0.717) is 24.5 Å². The molecule has 146 valence electrons. The fraction of sp³-hybridized carbons (Fsp3) is 0.381. The van der Waals surface area contributed by atoms with E-state index in [4.69, 9.17) is 14.2 Å². The van der Waals surface area contributed by atoms with Gasteiger partial charge in [-0.1, -0.05) is 6.07 Å². The summed E-state index contributed by atoms with van der Waals surface area (Å²) >= 11 is 1.69. The van der Waals surface area contributed by atoms with Gasteiger partial charge < -0.3 is 19.5 Å². The fourth-order valence-electron chi connectivity index (χ4n) is 2.83. The van der Waals surface area contributed by atoms with Crippen molar-refractivity contribution in [1.82, 2.24) is 5.32 Å². The number of ether oxygens (including phenoxy) is 3. The lowest BCUT2D eigenvalue weighted by molar-refractivity contribution is -0.123. The molecule has 0 aliphatic rings. The Labute approximate surface area is 165 Å². The Morgan fingerprint density at radius 2 is 1.70 bits per heavy atom. The van der Waals surface area contributed by atoms with Crippen LogP contribution in [-0.2, 0) is 11.2 Å². The van der Waals surface area contributed by atoms with Crippen LogP contribution in [-0.4, -0.2) is 39.5 Å². The average molecular weight is 390 g/mol. The van der Waals surface area contributed by atoms with Crippen molar-refractivity contribution in [2.24, 2.45) is 0 Å². The van der Waals surface area contributed by atoms with Crippen LogP contribution in [0.5, 0.6) is 17.2 Å². The molecule has 0 atom stereocenters. The van der Waals surface area contributed by atoms with Gasteiger partial charge in [0, 0.05) is 11.4 Å². The third-order valence-corrected chi connectivity index (χ3v) is 4.91. The lowest BCUT2D eigenvalue weighted by Crippen LogP contribution is -2.30. The molecule has 0 fully saturated rings. The highest BCUT2D eigenvalue weighted by Crippen LogP contribution is 2.29. The van der Waals surface area contributed by atoms with Crippen LogP contribution in [0.1, 0.15) is 16.7 Å². The number of hydrogen-bond donors (Lipinski definition) is 1. The van der Waals surface area contributed by atoms with Crippen LogP contribution in [0.25, 0.3) is 0 Å². The Bertz CT molecular complexity index is 769. The Morgan fingerprint density at radius 1 is 1.04 bits per heavy atom. The van der Waals surface area contributed by atoms with Gasteiger partial charge in [-0.15, -0.1) is 11.8 Å². The summed E-state index contributed by atoms with van der Waals surface area (Å²) in [5, 5.41) is 2.89. The molecule has 0 bridgehead atoms. The Balaban J connectivity index is 1.83. The lowest BCUT2D eigenvalue weighted by atomic mass is 10.1. The molecule has 2 aromatic carbocycles. The number of benzene rings is 2. The fourth-order valence-corrected chi connectivity index (χ4v) is 3.42. The maximum absolute atomic E-state index is 12.1. The minimum absolute atomic E-state index is 0.00618. The van der Waals surface area contributed by atoms with Gasteiger partial charge >= 0.3 is 0 Å². The minimum Gasteiger partial charge on any atom is -0.493 e. The first-order chi connectivity index (χ1) is 13.0. The van der Waals surface area contributed by atoms with Gasteiger partial charge in [0.05, 0.1) is 14.2 Å². The van der Waals surface area contributed by atoms with Crippen molar-refractivity contribution < 1.29 is 19.0 Å². The summed E-state index contributed by atoms with van der Waals surface area (Å²) in [5.74, 6) is 2.02. The topological polar surface area (TPSA) is 56.8 Å². The molecule has 0 aliphatic heterocycles. The Hall–Kier alpha value is -2.34. The summed E-state index contributed by atoms with van der Waals surface area (Å²) in [4.78, 5) is 13.3. The van der Waals surface area contributed by atoms with Crippen molar-refractivity contribution in [3.8, 4) is 17.2 Å². The maximum Gasteiger partial charge on any atom is 0.257 e. The van der Waals surface area contributed by atoms with E-state index < -0.39 is 0 Å². The van der Waals surface area contributed by atoms with Crippen molar-refractivity contribution in [2.45, 2.75) is 25.2 Å². The molecule has 0 aliphatic carbocycles. The third-order valence-electron chi connectivity index (χ3n) is 4.20. The molecule has 0 radical (unpaired) electrons. The zero-order valence-electron chi connectivity index (χ0n) is 16.5. The van der Waals surface area contributed by atoms with Crippen LogP contribution in [0, 0.1) is 13.8 Å². The lowest BCUT2D eigenvalue weighted by Gasteiger charge is -2.14. The number of rotatable bonds is 9. The van der Waals surface area contributed by atoms with E-state index in [9.17, 15) is 4.79 Å². The number of thioether (sulfide) groups is 1. The second-order valence-electron chi connectivity index (χ2n) is 6.17. The van der Waals surface area contributed by atoms with E-state index in [1.807, 2.05) is 38.3 Å². The van der Waals surface area contributed by atoms with Crippen LogP contribution in [0.4, 0.5) is 0 Å². The van der Waals surface area contributed by atoms with Gasteiger partial charge in [0.25, 0.3) is 5.91 Å². The molecular formula is C21H27NO4S. The minimum atomic E-state index is -0.136. The van der Waals surface area contributed by atoms with Crippen molar-refractivity contribution >= 4 is 17.7 Å². The van der Waals surface area contributed by atoms with E-state index in [0.717, 1.165) is 22.4 Å². The highest BCUT2D eigenvalue weighted by molar-refractivity contribution is 7.98. The largest absolute Gasteiger partial charge is 0.493 e. The second kappa shape index (κ2) is 10.1. The highest BCUT2D eigenvalue weighted by atomic mass is 32.2. The SMILES string of the molecule is COc1ccc(CCNC(=O)COc2c(C)cc(SC)cc2C)cc1OC. The summed E-state index contributed by atoms with van der Waals surface area (Å²) < 4.78 is 16.3. The molecule has 5 nitrogen and oxygen atoms in total. The Kier molecular flexibility index (Phi) is 7.85. The van der Waals surface area contributed by atoms with Gasteiger partial charge in [-0.2, -0.15) is 0 Å². The van der Waals surface area contributed by atoms with Gasteiger partial charge in [0.1, 0.15) is 5.75 Å². The summed E-state index contributed by atoms with van der Waals surface area (Å²) in [6.07, 6.45) is 2.74. The molecule has 2 rings (SSSR count). The number of methoxy groups -OCH3 is 2. The first-order valence-corrected chi connectivity index (χ1v) is 9.96. The first kappa shape index (κ1) is 21.0. The number of aryl methyl sites for hydroxylation is 2. The van der Waals surface area contributed by atoms with E-state index in [2.05, 4.69) is 17.4 Å². The van der Waals surface area contributed by atoms with Crippen LogP contribution < -0.4 is 19.5 Å². The molecule has 6 heteroatoms. The van der Waals surface area contributed by atoms with Crippen molar-refractivity contribution in [3.05, 3.63) is 47.0 Å². The van der Waals surface area contributed by atoms with Crippen LogP contribution in [0.3, 0.4) is 0 Å².